The monoisotopic (exact) mass is 345 g/mol. The fraction of sp³-hybridized carbons (Fsp3) is 0.600. The number of nitrogens with zero attached hydrogens (tertiary/aromatic N) is 5. The summed E-state index contributed by atoms with van der Waals surface area (Å²) >= 11 is 0. The largest absolute Gasteiger partial charge is 0.376 e. The van der Waals surface area contributed by atoms with Crippen LogP contribution in [0.1, 0.15) is 36.0 Å². The molecule has 24 heavy (non-hydrogen) atoms. The van der Waals surface area contributed by atoms with Crippen LogP contribution in [0.4, 0.5) is 0 Å². The van der Waals surface area contributed by atoms with Crippen LogP contribution < -0.4 is 11.2 Å². The average Bonchev–Trinajstić information content (AvgIpc) is 2.98. The molecule has 0 aliphatic rings. The summed E-state index contributed by atoms with van der Waals surface area (Å²) in [7, 11) is 1.19. The van der Waals surface area contributed by atoms with Crippen LogP contribution in [0, 0.1) is 6.92 Å². The molecule has 0 saturated carbocycles. The number of carbonyl (C=O) groups is 1. The fourth-order valence-corrected chi connectivity index (χ4v) is 2.12. The number of fused-ring (bicyclic) bond motifs is 1. The highest BCUT2D eigenvalue weighted by Crippen LogP contribution is 2.08. The van der Waals surface area contributed by atoms with Crippen LogP contribution in [0.2, 0.25) is 0 Å². The molecule has 0 aromatic carbocycles. The van der Waals surface area contributed by atoms with Gasteiger partial charge in [-0.25, -0.2) is 9.78 Å². The van der Waals surface area contributed by atoms with Gasteiger partial charge in [0.05, 0.1) is 0 Å². The van der Waals surface area contributed by atoms with Gasteiger partial charge in [-0.05, 0) is 19.8 Å². The third-order valence-corrected chi connectivity index (χ3v) is 3.50. The van der Waals surface area contributed by atoms with Gasteiger partial charge in [-0.15, -0.1) is 0 Å². The van der Waals surface area contributed by atoms with E-state index in [2.05, 4.69) is 4.98 Å². The van der Waals surface area contributed by atoms with Crippen LogP contribution in [0.5, 0.6) is 0 Å². The van der Waals surface area contributed by atoms with E-state index >= 15 is 0 Å². The molecule has 2 aromatic rings. The number of rotatable bonds is 6. The predicted molar refractivity (Wildman–Crippen MR) is 88.7 cm³/mol. The molecule has 2 rings (SSSR count). The Kier molecular flexibility index (Phi) is 2.85. The van der Waals surface area contributed by atoms with Crippen LogP contribution in [0.25, 0.3) is 11.2 Å². The third kappa shape index (κ3) is 3.12. The average molecular weight is 345 g/mol. The van der Waals surface area contributed by atoms with E-state index < -0.39 is 68.3 Å². The lowest BCUT2D eigenvalue weighted by atomic mass is 10.2. The Hall–Kier alpha value is -2.42. The van der Waals surface area contributed by atoms with E-state index in [1.807, 2.05) is 0 Å². The van der Waals surface area contributed by atoms with E-state index in [-0.39, 0.29) is 16.8 Å². The molecule has 9 nitrogen and oxygen atoms in total. The number of hydrogen-bond donors (Lipinski definition) is 1. The predicted octanol–water partition coefficient (Wildman–Crippen LogP) is -0.679. The van der Waals surface area contributed by atoms with Gasteiger partial charge < -0.3 is 14.6 Å². The van der Waals surface area contributed by atoms with Gasteiger partial charge in [0.2, 0.25) is 5.91 Å². The lowest BCUT2D eigenvalue weighted by molar-refractivity contribution is -0.133. The molecule has 0 bridgehead atoms. The first kappa shape index (κ1) is 9.77. The minimum absolute atomic E-state index is 0.193. The summed E-state index contributed by atoms with van der Waals surface area (Å²) in [5, 5.41) is 8.99. The van der Waals surface area contributed by atoms with Crippen molar-refractivity contribution in [2.45, 2.75) is 32.7 Å². The second kappa shape index (κ2) is 7.00. The van der Waals surface area contributed by atoms with E-state index in [0.717, 1.165) is 4.90 Å². The summed E-state index contributed by atoms with van der Waals surface area (Å²) in [5.41, 5.74) is -3.56. The van der Waals surface area contributed by atoms with Crippen molar-refractivity contribution in [2.24, 2.45) is 14.0 Å². The maximum absolute atomic E-state index is 13.0. The van der Waals surface area contributed by atoms with Gasteiger partial charge >= 0.3 is 5.69 Å². The zero-order valence-corrected chi connectivity index (χ0v) is 13.2. The molecule has 2 heterocycles. The molecular formula is C15H23N5O4. The van der Waals surface area contributed by atoms with Crippen LogP contribution in [0.15, 0.2) is 9.59 Å². The second-order valence-corrected chi connectivity index (χ2v) is 5.17. The Morgan fingerprint density at radius 2 is 2.04 bits per heavy atom. The van der Waals surface area contributed by atoms with Crippen molar-refractivity contribution >= 4 is 17.1 Å². The zero-order chi connectivity index (χ0) is 24.8. The lowest BCUT2D eigenvalue weighted by Crippen LogP contribution is -2.39. The molecule has 9 heteroatoms. The molecule has 0 spiro atoms. The molecule has 0 saturated heterocycles. The maximum atomic E-state index is 13.0. The molecular weight excluding hydrogens is 314 g/mol. The van der Waals surface area contributed by atoms with Crippen LogP contribution in [-0.4, -0.2) is 48.4 Å². The minimum Gasteiger partial charge on any atom is -0.376 e. The Labute approximate surface area is 150 Å². The third-order valence-electron chi connectivity index (χ3n) is 3.50. The maximum Gasteiger partial charge on any atom is 0.332 e. The summed E-state index contributed by atoms with van der Waals surface area (Å²) in [6, 6.07) is 0. The Balaban J connectivity index is 2.62. The summed E-state index contributed by atoms with van der Waals surface area (Å²) < 4.78 is 62.9. The number of aryl methyl sites for hydroxylation is 3. The summed E-state index contributed by atoms with van der Waals surface area (Å²) in [4.78, 5) is 42.4. The molecule has 0 aliphatic carbocycles. The molecule has 2 aromatic heterocycles. The van der Waals surface area contributed by atoms with Crippen molar-refractivity contribution in [3.8, 4) is 0 Å². The van der Waals surface area contributed by atoms with Crippen LogP contribution in [-0.2, 0) is 25.3 Å². The van der Waals surface area contributed by atoms with Crippen LogP contribution in [0.3, 0.4) is 0 Å². The normalized spacial score (nSPS) is 17.8. The summed E-state index contributed by atoms with van der Waals surface area (Å²) in [6.07, 6.45) is -3.11. The standard InChI is InChI=1S/C15H23N5O4/c1-10-16-13-12(18(10)3)14(23)20(15(24)19(13)4)8-6-5-7-11(22)17(2)9-21/h21H,5-9H2,1-4H3/i3D3,4D3,7D2. The molecule has 0 radical (unpaired) electrons. The van der Waals surface area contributed by atoms with Crippen molar-refractivity contribution in [1.82, 2.24) is 23.6 Å². The number of aromatic nitrogens is 4. The molecule has 0 atom stereocenters. The highest BCUT2D eigenvalue weighted by molar-refractivity contribution is 5.75. The van der Waals surface area contributed by atoms with Gasteiger partial charge in [-0.2, -0.15) is 0 Å². The molecule has 1 amide bonds. The topological polar surface area (TPSA) is 102 Å². The SMILES string of the molecule is [2H]C([2H])(CCCn1c(=O)c2c(nc(C)n2C([2H])([2H])[2H])n(C([2H])([2H])[2H])c1=O)C(=O)N(C)CO. The van der Waals surface area contributed by atoms with Gasteiger partial charge in [-0.3, -0.25) is 18.7 Å². The fourth-order valence-electron chi connectivity index (χ4n) is 2.12. The first-order valence-electron chi connectivity index (χ1n) is 11.1. The van der Waals surface area contributed by atoms with Gasteiger partial charge in [0, 0.05) is 44.9 Å². The van der Waals surface area contributed by atoms with E-state index in [0.29, 0.717) is 9.13 Å². The van der Waals surface area contributed by atoms with Crippen molar-refractivity contribution in [1.29, 1.82) is 0 Å². The van der Waals surface area contributed by atoms with E-state index in [9.17, 15) is 14.4 Å². The molecule has 0 unspecified atom stereocenters. The van der Waals surface area contributed by atoms with E-state index in [4.69, 9.17) is 16.1 Å². The summed E-state index contributed by atoms with van der Waals surface area (Å²) in [5.74, 6) is -1.21. The minimum atomic E-state index is -3.08. The lowest BCUT2D eigenvalue weighted by Gasteiger charge is -2.13. The Bertz CT molecular complexity index is 1140. The van der Waals surface area contributed by atoms with Gasteiger partial charge in [0.1, 0.15) is 12.6 Å². The quantitative estimate of drug-likeness (QED) is 0.699. The molecule has 132 valence electrons. The highest BCUT2D eigenvalue weighted by atomic mass is 16.3. The number of aliphatic hydroxyl groups is 1. The highest BCUT2D eigenvalue weighted by Gasteiger charge is 2.16. The van der Waals surface area contributed by atoms with E-state index in [1.165, 1.54) is 14.0 Å². The van der Waals surface area contributed by atoms with Crippen molar-refractivity contribution in [2.75, 3.05) is 13.8 Å². The second-order valence-electron chi connectivity index (χ2n) is 5.17. The molecule has 0 fully saturated rings. The van der Waals surface area contributed by atoms with Gasteiger partial charge in [0.15, 0.2) is 11.2 Å². The van der Waals surface area contributed by atoms with Crippen molar-refractivity contribution in [3.05, 3.63) is 26.7 Å². The first-order chi connectivity index (χ1) is 14.4. The van der Waals surface area contributed by atoms with Gasteiger partial charge in [-0.1, -0.05) is 0 Å². The number of carbonyl (C=O) groups excluding carboxylic acids is 1. The number of aliphatic hydroxyl groups excluding tert-OH is 1. The van der Waals surface area contributed by atoms with Gasteiger partial charge in [0.25, 0.3) is 5.56 Å². The van der Waals surface area contributed by atoms with E-state index in [1.54, 1.807) is 0 Å². The Morgan fingerprint density at radius 1 is 1.33 bits per heavy atom. The van der Waals surface area contributed by atoms with Crippen molar-refractivity contribution in [3.63, 3.8) is 0 Å². The summed E-state index contributed by atoms with van der Waals surface area (Å²) in [6.45, 7) is -5.91. The molecule has 0 aliphatic heterocycles. The smallest absolute Gasteiger partial charge is 0.332 e. The first-order valence-corrected chi connectivity index (χ1v) is 7.07. The van der Waals surface area contributed by atoms with Crippen LogP contribution >= 0.6 is 0 Å². The number of hydrogen-bond acceptors (Lipinski definition) is 5. The number of amides is 1. The zero-order valence-electron chi connectivity index (χ0n) is 21.2. The van der Waals surface area contributed by atoms with Crippen molar-refractivity contribution < 1.29 is 20.9 Å². The Morgan fingerprint density at radius 3 is 2.67 bits per heavy atom. The number of imidazole rings is 1. The molecule has 1 N–H and O–H groups in total.